The van der Waals surface area contributed by atoms with Crippen LogP contribution in [0, 0.1) is 18.6 Å². The van der Waals surface area contributed by atoms with E-state index in [4.69, 9.17) is 4.74 Å². The van der Waals surface area contributed by atoms with Crippen LogP contribution in [-0.2, 0) is 14.6 Å². The third kappa shape index (κ3) is 3.61. The number of halogens is 2. The zero-order valence-electron chi connectivity index (χ0n) is 19.5. The first-order chi connectivity index (χ1) is 17.3. The van der Waals surface area contributed by atoms with Crippen molar-refractivity contribution in [3.05, 3.63) is 77.9 Å². The molecule has 0 aliphatic carbocycles. The minimum Gasteiger partial charge on any atom is -0.378 e. The number of sulfone groups is 1. The third-order valence-corrected chi connectivity index (χ3v) is 8.43. The molecule has 0 N–H and O–H groups in total. The molecule has 2 aliphatic rings. The molecule has 0 spiro atoms. The molecule has 0 unspecified atom stereocenters. The molecule has 3 heterocycles. The highest BCUT2D eigenvalue weighted by atomic mass is 32.2. The molecule has 0 amide bonds. The van der Waals surface area contributed by atoms with E-state index in [9.17, 15) is 12.8 Å². The molecule has 2 aliphatic heterocycles. The second-order valence-corrected chi connectivity index (χ2v) is 10.9. The number of aromatic nitrogens is 1. The van der Waals surface area contributed by atoms with E-state index < -0.39 is 21.5 Å². The first kappa shape index (κ1) is 22.9. The Morgan fingerprint density at radius 3 is 2.47 bits per heavy atom. The predicted molar refractivity (Wildman–Crippen MR) is 135 cm³/mol. The fraction of sp³-hybridized carbons (Fsp3) is 0.222. The highest BCUT2D eigenvalue weighted by Crippen LogP contribution is 2.47. The monoisotopic (exact) mass is 507 g/mol. The number of nitrogens with zero attached hydrogens (tertiary/aromatic N) is 3. The minimum absolute atomic E-state index is 0.188. The van der Waals surface area contributed by atoms with E-state index >= 15 is 4.39 Å². The van der Waals surface area contributed by atoms with Gasteiger partial charge in [0.25, 0.3) is 0 Å². The van der Waals surface area contributed by atoms with Crippen molar-refractivity contribution in [1.29, 1.82) is 0 Å². The van der Waals surface area contributed by atoms with Gasteiger partial charge in [-0.2, -0.15) is 0 Å². The van der Waals surface area contributed by atoms with Crippen molar-refractivity contribution < 1.29 is 21.9 Å². The van der Waals surface area contributed by atoms with Gasteiger partial charge in [-0.05, 0) is 55.0 Å². The molecule has 1 fully saturated rings. The Balaban J connectivity index is 1.62. The Morgan fingerprint density at radius 2 is 1.69 bits per heavy atom. The number of ether oxygens (including phenoxy) is 1. The summed E-state index contributed by atoms with van der Waals surface area (Å²) in [7, 11) is -3.67. The molecule has 6 nitrogen and oxygen atoms in total. The van der Waals surface area contributed by atoms with Crippen LogP contribution in [0.25, 0.3) is 22.2 Å². The van der Waals surface area contributed by atoms with E-state index in [-0.39, 0.29) is 21.7 Å². The van der Waals surface area contributed by atoms with Crippen molar-refractivity contribution in [2.24, 2.45) is 0 Å². The molecule has 3 aromatic carbocycles. The van der Waals surface area contributed by atoms with E-state index in [0.29, 0.717) is 54.5 Å². The standard InChI is InChI=1S/C27H23F2N3O3S/c1-17-26(19-5-2-3-6-20(19)28)30-22-8-4-7-21(29)25(22)27(17)32-16-36(33,34)24-10-9-18(15-23(24)32)31-11-13-35-14-12-31/h2-10,15H,11-14,16H2,1H3. The quantitative estimate of drug-likeness (QED) is 0.380. The zero-order valence-corrected chi connectivity index (χ0v) is 20.4. The van der Waals surface area contributed by atoms with Gasteiger partial charge in [0.15, 0.2) is 9.84 Å². The highest BCUT2D eigenvalue weighted by molar-refractivity contribution is 7.92. The molecule has 1 saturated heterocycles. The number of morpholine rings is 1. The largest absolute Gasteiger partial charge is 0.378 e. The lowest BCUT2D eigenvalue weighted by molar-refractivity contribution is 0.122. The summed E-state index contributed by atoms with van der Waals surface area (Å²) in [5, 5.41) is 0.204. The summed E-state index contributed by atoms with van der Waals surface area (Å²) in [4.78, 5) is 8.55. The first-order valence-corrected chi connectivity index (χ1v) is 13.3. The zero-order chi connectivity index (χ0) is 25.0. The molecule has 0 bridgehead atoms. The number of hydrogen-bond donors (Lipinski definition) is 0. The summed E-state index contributed by atoms with van der Waals surface area (Å²) < 4.78 is 62.0. The molecular weight excluding hydrogens is 484 g/mol. The van der Waals surface area contributed by atoms with Crippen LogP contribution in [0.1, 0.15) is 5.56 Å². The average molecular weight is 508 g/mol. The Hall–Kier alpha value is -3.56. The SMILES string of the molecule is Cc1c(-c2ccccc2F)nc2cccc(F)c2c1N1CS(=O)(=O)c2ccc(N3CCOCC3)cc21. The Kier molecular flexibility index (Phi) is 5.42. The second kappa shape index (κ2) is 8.53. The van der Waals surface area contributed by atoms with Gasteiger partial charge in [0.1, 0.15) is 17.5 Å². The number of fused-ring (bicyclic) bond motifs is 2. The van der Waals surface area contributed by atoms with Crippen molar-refractivity contribution in [3.8, 4) is 11.3 Å². The molecule has 36 heavy (non-hydrogen) atoms. The van der Waals surface area contributed by atoms with Crippen LogP contribution >= 0.6 is 0 Å². The van der Waals surface area contributed by atoms with Gasteiger partial charge in [-0.3, -0.25) is 0 Å². The Bertz CT molecular complexity index is 1620. The topological polar surface area (TPSA) is 62.7 Å². The van der Waals surface area contributed by atoms with Crippen LogP contribution < -0.4 is 9.80 Å². The van der Waals surface area contributed by atoms with Gasteiger partial charge in [-0.25, -0.2) is 22.2 Å². The molecule has 1 aromatic heterocycles. The maximum absolute atomic E-state index is 15.3. The van der Waals surface area contributed by atoms with Crippen molar-refractivity contribution in [1.82, 2.24) is 4.98 Å². The van der Waals surface area contributed by atoms with Crippen LogP contribution in [0.3, 0.4) is 0 Å². The fourth-order valence-corrected chi connectivity index (χ4v) is 6.60. The fourth-order valence-electron chi connectivity index (χ4n) is 5.09. The number of benzene rings is 3. The van der Waals surface area contributed by atoms with Crippen molar-refractivity contribution >= 4 is 37.8 Å². The van der Waals surface area contributed by atoms with Crippen molar-refractivity contribution in [2.45, 2.75) is 11.8 Å². The van der Waals surface area contributed by atoms with Crippen LogP contribution in [0.15, 0.2) is 65.6 Å². The van der Waals surface area contributed by atoms with Gasteiger partial charge in [-0.1, -0.05) is 18.2 Å². The van der Waals surface area contributed by atoms with Gasteiger partial charge in [0.2, 0.25) is 0 Å². The predicted octanol–water partition coefficient (Wildman–Crippen LogP) is 5.21. The second-order valence-electron chi connectivity index (χ2n) is 8.97. The number of rotatable bonds is 3. The maximum atomic E-state index is 15.3. The van der Waals surface area contributed by atoms with E-state index in [1.807, 2.05) is 6.07 Å². The van der Waals surface area contributed by atoms with Gasteiger partial charge < -0.3 is 14.5 Å². The van der Waals surface area contributed by atoms with Gasteiger partial charge in [0.05, 0.1) is 46.1 Å². The molecular formula is C27H23F2N3O3S. The summed E-state index contributed by atoms with van der Waals surface area (Å²) in [5.74, 6) is -1.33. The molecule has 6 rings (SSSR count). The summed E-state index contributed by atoms with van der Waals surface area (Å²) >= 11 is 0. The summed E-state index contributed by atoms with van der Waals surface area (Å²) in [6.45, 7) is 4.28. The third-order valence-electron chi connectivity index (χ3n) is 6.81. The lowest BCUT2D eigenvalue weighted by atomic mass is 10.00. The number of hydrogen-bond acceptors (Lipinski definition) is 6. The molecule has 184 valence electrons. The highest BCUT2D eigenvalue weighted by Gasteiger charge is 2.36. The van der Waals surface area contributed by atoms with E-state index in [1.165, 1.54) is 12.1 Å². The van der Waals surface area contributed by atoms with Crippen molar-refractivity contribution in [2.75, 3.05) is 42.0 Å². The van der Waals surface area contributed by atoms with Crippen LogP contribution in [0.4, 0.5) is 25.8 Å². The molecule has 4 aromatic rings. The molecule has 0 atom stereocenters. The normalized spacial score (nSPS) is 17.0. The lowest BCUT2D eigenvalue weighted by Crippen LogP contribution is -2.36. The first-order valence-electron chi connectivity index (χ1n) is 11.7. The number of pyridine rings is 1. The maximum Gasteiger partial charge on any atom is 0.198 e. The number of anilines is 3. The van der Waals surface area contributed by atoms with Crippen LogP contribution in [-0.4, -0.2) is 45.6 Å². The Labute approximate surface area is 207 Å². The van der Waals surface area contributed by atoms with Crippen LogP contribution in [0.2, 0.25) is 0 Å². The Morgan fingerprint density at radius 1 is 0.944 bits per heavy atom. The summed E-state index contributed by atoms with van der Waals surface area (Å²) in [6, 6.07) is 16.0. The lowest BCUT2D eigenvalue weighted by Gasteiger charge is -2.30. The van der Waals surface area contributed by atoms with Gasteiger partial charge >= 0.3 is 0 Å². The average Bonchev–Trinajstić information content (AvgIpc) is 3.15. The summed E-state index contributed by atoms with van der Waals surface area (Å²) in [6.07, 6.45) is 0. The minimum atomic E-state index is -3.67. The summed E-state index contributed by atoms with van der Waals surface area (Å²) in [5.41, 5.74) is 3.14. The molecule has 0 radical (unpaired) electrons. The van der Waals surface area contributed by atoms with E-state index in [1.54, 1.807) is 54.3 Å². The molecule has 0 saturated carbocycles. The van der Waals surface area contributed by atoms with E-state index in [2.05, 4.69) is 9.88 Å². The van der Waals surface area contributed by atoms with Gasteiger partial charge in [-0.15, -0.1) is 0 Å². The van der Waals surface area contributed by atoms with Crippen molar-refractivity contribution in [3.63, 3.8) is 0 Å². The van der Waals surface area contributed by atoms with Crippen LogP contribution in [0.5, 0.6) is 0 Å². The van der Waals surface area contributed by atoms with E-state index in [0.717, 1.165) is 5.69 Å². The van der Waals surface area contributed by atoms with Gasteiger partial charge in [0, 0.05) is 24.3 Å². The smallest absolute Gasteiger partial charge is 0.198 e. The molecule has 9 heteroatoms.